The first kappa shape index (κ1) is 19.9. The van der Waals surface area contributed by atoms with Crippen molar-refractivity contribution in [3.8, 4) is 0 Å². The van der Waals surface area contributed by atoms with Crippen molar-refractivity contribution in [2.75, 3.05) is 19.7 Å². The molecule has 0 radical (unpaired) electrons. The van der Waals surface area contributed by atoms with Crippen LogP contribution in [0.1, 0.15) is 21.9 Å². The number of aliphatic hydroxyl groups is 1. The van der Waals surface area contributed by atoms with E-state index in [-0.39, 0.29) is 5.92 Å². The van der Waals surface area contributed by atoms with Gasteiger partial charge in [-0.1, -0.05) is 54.6 Å². The Labute approximate surface area is 175 Å². The fourth-order valence-electron chi connectivity index (χ4n) is 3.62. The Morgan fingerprint density at radius 3 is 2.62 bits per heavy atom. The van der Waals surface area contributed by atoms with Crippen molar-refractivity contribution in [3.63, 3.8) is 0 Å². The summed E-state index contributed by atoms with van der Waals surface area (Å²) in [6.45, 7) is 2.12. The smallest absolute Gasteiger partial charge is 0.0897 e. The van der Waals surface area contributed by atoms with Gasteiger partial charge < -0.3 is 20.1 Å². The minimum atomic E-state index is -0.533. The van der Waals surface area contributed by atoms with Crippen molar-refractivity contribution >= 4 is 22.2 Å². The number of benzene rings is 2. The van der Waals surface area contributed by atoms with Gasteiger partial charge in [-0.3, -0.25) is 0 Å². The van der Waals surface area contributed by atoms with Gasteiger partial charge >= 0.3 is 0 Å². The van der Waals surface area contributed by atoms with Crippen LogP contribution in [-0.2, 0) is 11.3 Å². The third-order valence-corrected chi connectivity index (χ3v) is 5.91. The lowest BCUT2D eigenvalue weighted by Gasteiger charge is -2.19. The van der Waals surface area contributed by atoms with E-state index in [9.17, 15) is 5.11 Å². The predicted molar refractivity (Wildman–Crippen MR) is 119 cm³/mol. The number of H-pyrrole nitrogens is 1. The maximum atomic E-state index is 10.3. The highest BCUT2D eigenvalue weighted by molar-refractivity contribution is 7.09. The molecular weight excluding hydrogens is 380 g/mol. The molecule has 3 N–H and O–H groups in total. The summed E-state index contributed by atoms with van der Waals surface area (Å²) < 4.78 is 5.63. The van der Waals surface area contributed by atoms with Crippen LogP contribution in [0.25, 0.3) is 10.9 Å². The normalized spacial score (nSPS) is 13.6. The lowest BCUT2D eigenvalue weighted by Crippen LogP contribution is -2.33. The number of aliphatic hydroxyl groups excluding tert-OH is 1. The molecule has 29 heavy (non-hydrogen) atoms. The highest BCUT2D eigenvalue weighted by atomic mass is 32.1. The molecule has 2 aromatic heterocycles. The molecule has 2 heterocycles. The Morgan fingerprint density at radius 1 is 0.966 bits per heavy atom. The highest BCUT2D eigenvalue weighted by Gasteiger charge is 2.18. The predicted octanol–water partition coefficient (Wildman–Crippen LogP) is 4.53. The molecule has 0 saturated heterocycles. The molecule has 0 bridgehead atoms. The van der Waals surface area contributed by atoms with Gasteiger partial charge in [-0.15, -0.1) is 11.3 Å². The zero-order valence-electron chi connectivity index (χ0n) is 16.3. The number of rotatable bonds is 10. The van der Waals surface area contributed by atoms with Crippen molar-refractivity contribution in [2.45, 2.75) is 18.6 Å². The third kappa shape index (κ3) is 5.14. The SMILES string of the molecule is OC(CNCC(c1ccccc1)c1c[nH]c2ccccc12)COCc1cccs1. The number of hydrogen-bond donors (Lipinski definition) is 3. The van der Waals surface area contributed by atoms with Gasteiger partial charge in [-0.05, 0) is 28.6 Å². The average molecular weight is 407 g/mol. The number of hydrogen-bond acceptors (Lipinski definition) is 4. The number of aromatic amines is 1. The van der Waals surface area contributed by atoms with E-state index in [1.807, 2.05) is 29.6 Å². The molecule has 0 saturated carbocycles. The number of fused-ring (bicyclic) bond motifs is 1. The molecule has 2 aromatic carbocycles. The summed E-state index contributed by atoms with van der Waals surface area (Å²) in [5.74, 6) is 0.201. The first-order valence-corrected chi connectivity index (χ1v) is 10.8. The average Bonchev–Trinajstić information content (AvgIpc) is 3.42. The molecule has 0 amide bonds. The summed E-state index contributed by atoms with van der Waals surface area (Å²) in [5.41, 5.74) is 3.67. The van der Waals surface area contributed by atoms with Crippen LogP contribution in [-0.4, -0.2) is 35.9 Å². The molecule has 0 aliphatic heterocycles. The second kappa shape index (κ2) is 9.85. The van der Waals surface area contributed by atoms with Crippen LogP contribution in [0, 0.1) is 0 Å². The number of aromatic nitrogens is 1. The summed E-state index contributed by atoms with van der Waals surface area (Å²) in [7, 11) is 0. The topological polar surface area (TPSA) is 57.3 Å². The molecular formula is C24H26N2O2S. The summed E-state index contributed by atoms with van der Waals surface area (Å²) in [6, 6.07) is 22.9. The molecule has 2 atom stereocenters. The molecule has 4 rings (SSSR count). The van der Waals surface area contributed by atoms with E-state index in [0.717, 1.165) is 12.1 Å². The van der Waals surface area contributed by atoms with E-state index in [1.165, 1.54) is 21.4 Å². The fraction of sp³-hybridized carbons (Fsp3) is 0.250. The first-order valence-electron chi connectivity index (χ1n) is 9.91. The van der Waals surface area contributed by atoms with Crippen LogP contribution in [0.3, 0.4) is 0 Å². The maximum Gasteiger partial charge on any atom is 0.0897 e. The molecule has 150 valence electrons. The zero-order chi connectivity index (χ0) is 19.9. The van der Waals surface area contributed by atoms with E-state index in [4.69, 9.17) is 4.74 Å². The van der Waals surface area contributed by atoms with Gasteiger partial charge in [0.25, 0.3) is 0 Å². The van der Waals surface area contributed by atoms with Crippen LogP contribution in [0.2, 0.25) is 0 Å². The minimum Gasteiger partial charge on any atom is -0.389 e. The summed E-state index contributed by atoms with van der Waals surface area (Å²) in [4.78, 5) is 4.56. The Bertz CT molecular complexity index is 998. The van der Waals surface area contributed by atoms with Gasteiger partial charge in [0.05, 0.1) is 19.3 Å². The summed E-state index contributed by atoms with van der Waals surface area (Å²) in [5, 5.41) is 17.0. The molecule has 4 aromatic rings. The van der Waals surface area contributed by atoms with Crippen LogP contribution < -0.4 is 5.32 Å². The molecule has 0 aliphatic carbocycles. The van der Waals surface area contributed by atoms with E-state index < -0.39 is 6.10 Å². The third-order valence-electron chi connectivity index (χ3n) is 5.06. The van der Waals surface area contributed by atoms with Gasteiger partial charge in [0, 0.05) is 41.0 Å². The van der Waals surface area contributed by atoms with Gasteiger partial charge in [0.1, 0.15) is 0 Å². The van der Waals surface area contributed by atoms with Crippen LogP contribution in [0.15, 0.2) is 78.3 Å². The molecule has 0 spiro atoms. The second-order valence-corrected chi connectivity index (χ2v) is 8.19. The van der Waals surface area contributed by atoms with Crippen LogP contribution in [0.4, 0.5) is 0 Å². The van der Waals surface area contributed by atoms with Crippen molar-refractivity contribution in [3.05, 3.63) is 94.3 Å². The quantitative estimate of drug-likeness (QED) is 0.363. The highest BCUT2D eigenvalue weighted by Crippen LogP contribution is 2.30. The lowest BCUT2D eigenvalue weighted by molar-refractivity contribution is 0.0299. The standard InChI is InChI=1S/C24H26N2O2S/c27-19(16-28-17-20-9-6-12-29-20)13-25-14-22(18-7-2-1-3-8-18)23-15-26-24-11-5-4-10-21(23)24/h1-12,15,19,22,25-27H,13-14,16-17H2. The Kier molecular flexibility index (Phi) is 6.75. The number of ether oxygens (including phenoxy) is 1. The van der Waals surface area contributed by atoms with Gasteiger partial charge in [-0.25, -0.2) is 0 Å². The van der Waals surface area contributed by atoms with E-state index in [2.05, 4.69) is 59.0 Å². The largest absolute Gasteiger partial charge is 0.389 e. The zero-order valence-corrected chi connectivity index (χ0v) is 17.1. The minimum absolute atomic E-state index is 0.201. The van der Waals surface area contributed by atoms with Gasteiger partial charge in [0.15, 0.2) is 0 Å². The molecule has 2 unspecified atom stereocenters. The number of nitrogens with one attached hydrogen (secondary N) is 2. The molecule has 5 heteroatoms. The van der Waals surface area contributed by atoms with Crippen molar-refractivity contribution in [2.24, 2.45) is 0 Å². The van der Waals surface area contributed by atoms with Gasteiger partial charge in [-0.2, -0.15) is 0 Å². The summed E-state index contributed by atoms with van der Waals surface area (Å²) >= 11 is 1.67. The fourth-order valence-corrected chi connectivity index (χ4v) is 4.26. The van der Waals surface area contributed by atoms with Crippen molar-refractivity contribution < 1.29 is 9.84 Å². The van der Waals surface area contributed by atoms with E-state index >= 15 is 0 Å². The number of para-hydroxylation sites is 1. The molecule has 0 aliphatic rings. The summed E-state index contributed by atoms with van der Waals surface area (Å²) in [6.07, 6.45) is 1.57. The van der Waals surface area contributed by atoms with Gasteiger partial charge in [0.2, 0.25) is 0 Å². The number of thiophene rings is 1. The Hall–Kier alpha value is -2.44. The molecule has 0 fully saturated rings. The van der Waals surface area contributed by atoms with Crippen molar-refractivity contribution in [1.29, 1.82) is 0 Å². The second-order valence-electron chi connectivity index (χ2n) is 7.16. The first-order chi connectivity index (χ1) is 14.3. The van der Waals surface area contributed by atoms with Crippen molar-refractivity contribution in [1.82, 2.24) is 10.3 Å². The van der Waals surface area contributed by atoms with Crippen LogP contribution in [0.5, 0.6) is 0 Å². The monoisotopic (exact) mass is 406 g/mol. The van der Waals surface area contributed by atoms with Crippen LogP contribution >= 0.6 is 11.3 Å². The van der Waals surface area contributed by atoms with E-state index in [0.29, 0.717) is 19.8 Å². The maximum absolute atomic E-state index is 10.3. The Morgan fingerprint density at radius 2 is 1.79 bits per heavy atom. The Balaban J connectivity index is 1.37. The van der Waals surface area contributed by atoms with E-state index in [1.54, 1.807) is 11.3 Å². The molecule has 4 nitrogen and oxygen atoms in total. The lowest BCUT2D eigenvalue weighted by atomic mass is 9.91.